The van der Waals surface area contributed by atoms with Crippen molar-refractivity contribution in [3.63, 3.8) is 0 Å². The predicted molar refractivity (Wildman–Crippen MR) is 79.6 cm³/mol. The normalized spacial score (nSPS) is 16.9. The van der Waals surface area contributed by atoms with Gasteiger partial charge in [0.1, 0.15) is 0 Å². The van der Waals surface area contributed by atoms with Crippen LogP contribution in [0.4, 0.5) is 0 Å². The van der Waals surface area contributed by atoms with E-state index in [0.717, 1.165) is 12.0 Å². The van der Waals surface area contributed by atoms with Crippen LogP contribution >= 0.6 is 0 Å². The summed E-state index contributed by atoms with van der Waals surface area (Å²) >= 11 is 0. The smallest absolute Gasteiger partial charge is 0.0978 e. The lowest BCUT2D eigenvalue weighted by Crippen LogP contribution is -2.45. The molecule has 18 heavy (non-hydrogen) atoms. The average Bonchev–Trinajstić information content (AvgIpc) is 2.29. The van der Waals surface area contributed by atoms with Crippen molar-refractivity contribution in [3.05, 3.63) is 48.6 Å². The van der Waals surface area contributed by atoms with Crippen LogP contribution in [0, 0.1) is 0 Å². The third-order valence-electron chi connectivity index (χ3n) is 2.84. The first-order chi connectivity index (χ1) is 8.29. The van der Waals surface area contributed by atoms with Gasteiger partial charge in [-0.1, -0.05) is 36.4 Å². The van der Waals surface area contributed by atoms with Gasteiger partial charge in [-0.25, -0.2) is 8.93 Å². The molecule has 0 saturated carbocycles. The Hall–Kier alpha value is -0.930. The van der Waals surface area contributed by atoms with Crippen LogP contribution in [0.5, 0.6) is 0 Å². The zero-order valence-electron chi connectivity index (χ0n) is 11.7. The highest BCUT2D eigenvalue weighted by Gasteiger charge is 2.31. The molecule has 1 aromatic rings. The van der Waals surface area contributed by atoms with E-state index in [4.69, 9.17) is 0 Å². The molecule has 0 unspecified atom stereocenters. The minimum absolute atomic E-state index is 0.281. The van der Waals surface area contributed by atoms with Crippen molar-refractivity contribution in [1.29, 1.82) is 0 Å². The lowest BCUT2D eigenvalue weighted by Gasteiger charge is -2.33. The van der Waals surface area contributed by atoms with Crippen LogP contribution in [0.1, 0.15) is 39.7 Å². The first-order valence-electron chi connectivity index (χ1n) is 6.16. The Kier molecular flexibility index (Phi) is 4.88. The summed E-state index contributed by atoms with van der Waals surface area (Å²) in [6.45, 7) is 11.8. The van der Waals surface area contributed by atoms with Gasteiger partial charge in [-0.3, -0.25) is 0 Å². The molecule has 0 radical (unpaired) electrons. The van der Waals surface area contributed by atoms with Crippen molar-refractivity contribution in [1.82, 2.24) is 4.72 Å². The highest BCUT2D eigenvalue weighted by atomic mass is 32.2. The Balaban J connectivity index is 3.02. The summed E-state index contributed by atoms with van der Waals surface area (Å²) in [6, 6.07) is 10.1. The van der Waals surface area contributed by atoms with Gasteiger partial charge in [0, 0.05) is 0 Å². The third-order valence-corrected chi connectivity index (χ3v) is 4.59. The number of hydrogen-bond acceptors (Lipinski definition) is 1. The third kappa shape index (κ3) is 3.79. The summed E-state index contributed by atoms with van der Waals surface area (Å²) in [5.41, 5.74) is 0.781. The Morgan fingerprint density at radius 1 is 1.22 bits per heavy atom. The zero-order valence-corrected chi connectivity index (χ0v) is 12.5. The standard InChI is InChI=1S/C15H23NOS/c1-6-12-15(5,13-10-8-7-9-11-13)16-18(17)14(2,3)4/h6-11,16H,1,12H2,2-5H3/t15-,18-/m0/s1. The van der Waals surface area contributed by atoms with Crippen molar-refractivity contribution < 1.29 is 4.21 Å². The van der Waals surface area contributed by atoms with Crippen LogP contribution in [-0.2, 0) is 16.5 Å². The van der Waals surface area contributed by atoms with Gasteiger partial charge in [-0.15, -0.1) is 6.58 Å². The molecule has 1 aromatic carbocycles. The molecular weight excluding hydrogens is 242 g/mol. The SMILES string of the molecule is C=CC[C@](C)(N[S@@](=O)C(C)(C)C)c1ccccc1. The van der Waals surface area contributed by atoms with Gasteiger partial charge in [0.05, 0.1) is 21.3 Å². The van der Waals surface area contributed by atoms with Crippen molar-refractivity contribution in [3.8, 4) is 0 Å². The molecule has 0 fully saturated rings. The lowest BCUT2D eigenvalue weighted by molar-refractivity contribution is 0.446. The Labute approximate surface area is 113 Å². The van der Waals surface area contributed by atoms with Gasteiger partial charge in [-0.2, -0.15) is 0 Å². The second kappa shape index (κ2) is 5.81. The van der Waals surface area contributed by atoms with Crippen LogP contribution in [0.3, 0.4) is 0 Å². The van der Waals surface area contributed by atoms with Crippen LogP contribution in [-0.4, -0.2) is 8.96 Å². The molecule has 1 N–H and O–H groups in total. The fourth-order valence-corrected chi connectivity index (χ4v) is 2.59. The molecule has 2 atom stereocenters. The molecular formula is C15H23NOS. The van der Waals surface area contributed by atoms with E-state index in [-0.39, 0.29) is 10.3 Å². The van der Waals surface area contributed by atoms with Gasteiger partial charge in [0.15, 0.2) is 0 Å². The Morgan fingerprint density at radius 3 is 2.22 bits per heavy atom. The molecule has 2 nitrogen and oxygen atoms in total. The maximum absolute atomic E-state index is 12.3. The van der Waals surface area contributed by atoms with Crippen LogP contribution < -0.4 is 4.72 Å². The van der Waals surface area contributed by atoms with E-state index >= 15 is 0 Å². The number of rotatable bonds is 5. The summed E-state index contributed by atoms with van der Waals surface area (Å²) in [5.74, 6) is 0. The van der Waals surface area contributed by atoms with Gasteiger partial charge in [0.25, 0.3) is 0 Å². The predicted octanol–water partition coefficient (Wildman–Crippen LogP) is 3.53. The van der Waals surface area contributed by atoms with Crippen molar-refractivity contribution in [2.45, 2.75) is 44.4 Å². The average molecular weight is 265 g/mol. The van der Waals surface area contributed by atoms with E-state index < -0.39 is 11.0 Å². The number of benzene rings is 1. The van der Waals surface area contributed by atoms with Crippen LogP contribution in [0.25, 0.3) is 0 Å². The van der Waals surface area contributed by atoms with Crippen molar-refractivity contribution in [2.75, 3.05) is 0 Å². The quantitative estimate of drug-likeness (QED) is 0.811. The molecule has 0 aromatic heterocycles. The molecule has 1 rings (SSSR count). The van der Waals surface area contributed by atoms with E-state index in [0.29, 0.717) is 0 Å². The van der Waals surface area contributed by atoms with E-state index in [2.05, 4.69) is 30.4 Å². The molecule has 3 heteroatoms. The van der Waals surface area contributed by atoms with Crippen molar-refractivity contribution >= 4 is 11.0 Å². The molecule has 0 aliphatic carbocycles. The molecule has 0 amide bonds. The molecule has 100 valence electrons. The van der Waals surface area contributed by atoms with Gasteiger partial charge < -0.3 is 0 Å². The van der Waals surface area contributed by atoms with Crippen LogP contribution in [0.2, 0.25) is 0 Å². The van der Waals surface area contributed by atoms with E-state index in [1.54, 1.807) is 0 Å². The summed E-state index contributed by atoms with van der Waals surface area (Å²) in [5, 5.41) is 0. The van der Waals surface area contributed by atoms with Gasteiger partial charge in [-0.05, 0) is 39.7 Å². The molecule has 0 spiro atoms. The van der Waals surface area contributed by atoms with Gasteiger partial charge >= 0.3 is 0 Å². The Bertz CT molecular complexity index is 422. The molecule has 0 aliphatic rings. The molecule has 0 heterocycles. The first kappa shape index (κ1) is 15.1. The summed E-state index contributed by atoms with van der Waals surface area (Å²) in [6.07, 6.45) is 2.60. The summed E-state index contributed by atoms with van der Waals surface area (Å²) < 4.78 is 15.3. The maximum atomic E-state index is 12.3. The fourth-order valence-electron chi connectivity index (χ4n) is 1.67. The summed E-state index contributed by atoms with van der Waals surface area (Å²) in [7, 11) is -1.11. The Morgan fingerprint density at radius 2 is 1.78 bits per heavy atom. The van der Waals surface area contributed by atoms with Gasteiger partial charge in [0.2, 0.25) is 0 Å². The largest absolute Gasteiger partial charge is 0.242 e. The zero-order chi connectivity index (χ0) is 13.8. The second-order valence-corrected chi connectivity index (χ2v) is 7.64. The second-order valence-electron chi connectivity index (χ2n) is 5.67. The lowest BCUT2D eigenvalue weighted by atomic mass is 9.90. The minimum atomic E-state index is -1.11. The highest BCUT2D eigenvalue weighted by Crippen LogP contribution is 2.27. The van der Waals surface area contributed by atoms with E-state index in [1.807, 2.05) is 45.0 Å². The van der Waals surface area contributed by atoms with Crippen LogP contribution in [0.15, 0.2) is 43.0 Å². The number of nitrogens with one attached hydrogen (secondary N) is 1. The highest BCUT2D eigenvalue weighted by molar-refractivity contribution is 7.84. The first-order valence-corrected chi connectivity index (χ1v) is 7.31. The minimum Gasteiger partial charge on any atom is -0.242 e. The van der Waals surface area contributed by atoms with E-state index in [1.165, 1.54) is 0 Å². The maximum Gasteiger partial charge on any atom is 0.0978 e. The summed E-state index contributed by atoms with van der Waals surface area (Å²) in [4.78, 5) is 0. The van der Waals surface area contributed by atoms with Crippen molar-refractivity contribution in [2.24, 2.45) is 0 Å². The molecule has 0 saturated heterocycles. The number of hydrogen-bond donors (Lipinski definition) is 1. The fraction of sp³-hybridized carbons (Fsp3) is 0.467. The molecule has 0 bridgehead atoms. The topological polar surface area (TPSA) is 29.1 Å². The van der Waals surface area contributed by atoms with E-state index in [9.17, 15) is 4.21 Å². The monoisotopic (exact) mass is 265 g/mol. The molecule has 0 aliphatic heterocycles.